The van der Waals surface area contributed by atoms with E-state index in [4.69, 9.17) is 39.9 Å². The zero-order valence-electron chi connectivity index (χ0n) is 13.3. The predicted molar refractivity (Wildman–Crippen MR) is 104 cm³/mol. The summed E-state index contributed by atoms with van der Waals surface area (Å²) in [5.74, 6) is 0.00648. The van der Waals surface area contributed by atoms with Crippen LogP contribution in [0.3, 0.4) is 0 Å². The van der Waals surface area contributed by atoms with Gasteiger partial charge in [0.2, 0.25) is 3.79 Å². The normalized spacial score (nSPS) is 12.6. The number of benzene rings is 2. The van der Waals surface area contributed by atoms with Crippen molar-refractivity contribution in [3.05, 3.63) is 48.5 Å². The van der Waals surface area contributed by atoms with E-state index in [1.165, 1.54) is 24.3 Å². The molecule has 0 bridgehead atoms. The molecule has 0 amide bonds. The molecule has 27 heavy (non-hydrogen) atoms. The third-order valence-corrected chi connectivity index (χ3v) is 4.53. The number of alkyl halides is 3. The minimum Gasteiger partial charge on any atom is -0.371 e. The minimum absolute atomic E-state index is 0.00648. The van der Waals surface area contributed by atoms with Gasteiger partial charge >= 0.3 is 20.6 Å². The first-order valence-corrected chi connectivity index (χ1v) is 11.0. The van der Waals surface area contributed by atoms with Crippen LogP contribution in [-0.2, 0) is 24.8 Å². The molecule has 8 nitrogen and oxygen atoms in total. The summed E-state index contributed by atoms with van der Waals surface area (Å²) in [6.45, 7) is -0.667. The molecule has 2 rings (SSSR count). The fraction of sp³-hybridized carbons (Fsp3) is 0.143. The van der Waals surface area contributed by atoms with Crippen molar-refractivity contribution in [1.82, 2.24) is 0 Å². The molecule has 0 saturated heterocycles. The van der Waals surface area contributed by atoms with Crippen LogP contribution in [-0.4, -0.2) is 27.2 Å². The van der Waals surface area contributed by atoms with Crippen LogP contribution in [0.15, 0.2) is 48.5 Å². The van der Waals surface area contributed by atoms with Gasteiger partial charge < -0.3 is 4.18 Å². The van der Waals surface area contributed by atoms with Gasteiger partial charge in [0.1, 0.15) is 12.4 Å². The molecule has 0 atom stereocenters. The van der Waals surface area contributed by atoms with E-state index in [2.05, 4.69) is 13.1 Å². The lowest BCUT2D eigenvalue weighted by molar-refractivity contribution is 0.329. The van der Waals surface area contributed by atoms with Crippen molar-refractivity contribution >= 4 is 61.1 Å². The van der Waals surface area contributed by atoms with E-state index in [0.29, 0.717) is 11.1 Å². The Labute approximate surface area is 171 Å². The topological polar surface area (TPSA) is 125 Å². The average molecular weight is 476 g/mol. The summed E-state index contributed by atoms with van der Waals surface area (Å²) in [6.07, 6.45) is 0. The van der Waals surface area contributed by atoms with Crippen molar-refractivity contribution in [3.63, 3.8) is 0 Å². The smallest absolute Gasteiger partial charge is 0.371 e. The van der Waals surface area contributed by atoms with Crippen LogP contribution in [0.1, 0.15) is 0 Å². The molecular weight excluding hydrogens is 463 g/mol. The highest BCUT2D eigenvalue weighted by Crippen LogP contribution is 2.28. The van der Waals surface area contributed by atoms with Gasteiger partial charge in [-0.1, -0.05) is 59.1 Å². The van der Waals surface area contributed by atoms with Gasteiger partial charge in [-0.3, -0.25) is 4.72 Å². The predicted octanol–water partition coefficient (Wildman–Crippen LogP) is 2.98. The molecule has 13 heteroatoms. The fourth-order valence-corrected chi connectivity index (χ4v) is 3.48. The van der Waals surface area contributed by atoms with E-state index in [-0.39, 0.29) is 11.4 Å². The lowest BCUT2D eigenvalue weighted by Gasteiger charge is -2.13. The lowest BCUT2D eigenvalue weighted by Crippen LogP contribution is -2.22. The summed E-state index contributed by atoms with van der Waals surface area (Å²) in [5.41, 5.74) is 1.30. The molecule has 0 spiro atoms. The molecule has 0 heterocycles. The van der Waals surface area contributed by atoms with Crippen LogP contribution < -0.4 is 14.0 Å². The molecule has 2 aromatic carbocycles. The average Bonchev–Trinajstić information content (AvgIpc) is 2.51. The van der Waals surface area contributed by atoms with E-state index in [9.17, 15) is 16.8 Å². The molecule has 0 aliphatic carbocycles. The quantitative estimate of drug-likeness (QED) is 0.593. The molecule has 0 fully saturated rings. The van der Waals surface area contributed by atoms with E-state index in [1.54, 1.807) is 24.3 Å². The van der Waals surface area contributed by atoms with E-state index in [1.807, 2.05) is 0 Å². The number of nitrogens with one attached hydrogen (secondary N) is 1. The molecule has 3 N–H and O–H groups in total. The summed E-state index contributed by atoms with van der Waals surface area (Å²) < 4.78 is 55.3. The SMILES string of the molecule is NS(=O)(=O)Oc1cccc(-c2cccc(NS(=O)(=O)OCC(Cl)(Cl)Cl)c2)c1. The van der Waals surface area contributed by atoms with Crippen molar-refractivity contribution in [2.45, 2.75) is 3.79 Å². The largest absolute Gasteiger partial charge is 0.380 e. The maximum Gasteiger partial charge on any atom is 0.380 e. The van der Waals surface area contributed by atoms with Crippen molar-refractivity contribution in [2.75, 3.05) is 11.3 Å². The van der Waals surface area contributed by atoms with Gasteiger partial charge in [-0.25, -0.2) is 4.18 Å². The first-order chi connectivity index (χ1) is 12.3. The molecule has 0 radical (unpaired) electrons. The Hall–Kier alpha value is -1.27. The van der Waals surface area contributed by atoms with E-state index >= 15 is 0 Å². The van der Waals surface area contributed by atoms with Crippen LogP contribution in [0.2, 0.25) is 0 Å². The van der Waals surface area contributed by atoms with Gasteiger partial charge in [0.25, 0.3) is 0 Å². The standard InChI is InChI=1S/C14H13Cl3N2O6S2/c15-14(16,17)9-24-27(22,23)19-12-5-1-3-10(7-12)11-4-2-6-13(8-11)25-26(18,20)21/h1-8,19H,9H2,(H2,18,20,21). The Morgan fingerprint density at radius 3 is 2.15 bits per heavy atom. The fourth-order valence-electron chi connectivity index (χ4n) is 1.94. The van der Waals surface area contributed by atoms with E-state index < -0.39 is 31.0 Å². The highest BCUT2D eigenvalue weighted by molar-refractivity contribution is 7.88. The Morgan fingerprint density at radius 1 is 0.963 bits per heavy atom. The minimum atomic E-state index is -4.22. The summed E-state index contributed by atoms with van der Waals surface area (Å²) in [5, 5.41) is 4.84. The molecular formula is C14H13Cl3N2O6S2. The summed E-state index contributed by atoms with van der Waals surface area (Å²) in [7, 11) is -8.39. The number of hydrogen-bond donors (Lipinski definition) is 2. The molecule has 0 saturated carbocycles. The summed E-state index contributed by atoms with van der Waals surface area (Å²) >= 11 is 16.4. The number of rotatable bonds is 7. The third kappa shape index (κ3) is 8.09. The molecule has 0 aromatic heterocycles. The monoisotopic (exact) mass is 474 g/mol. The van der Waals surface area contributed by atoms with Gasteiger partial charge in [-0.05, 0) is 35.4 Å². The van der Waals surface area contributed by atoms with Gasteiger partial charge in [-0.15, -0.1) is 0 Å². The molecule has 2 aromatic rings. The maximum atomic E-state index is 11.9. The third-order valence-electron chi connectivity index (χ3n) is 2.86. The van der Waals surface area contributed by atoms with Crippen molar-refractivity contribution in [3.8, 4) is 16.9 Å². The Balaban J connectivity index is 2.22. The van der Waals surface area contributed by atoms with Crippen LogP contribution in [0.25, 0.3) is 11.1 Å². The van der Waals surface area contributed by atoms with Crippen LogP contribution in [0.4, 0.5) is 5.69 Å². The Morgan fingerprint density at radius 2 is 1.56 bits per heavy atom. The molecule has 0 unspecified atom stereocenters. The van der Waals surface area contributed by atoms with Gasteiger partial charge in [0.15, 0.2) is 0 Å². The van der Waals surface area contributed by atoms with Crippen molar-refractivity contribution in [1.29, 1.82) is 0 Å². The second kappa shape index (κ2) is 8.39. The van der Waals surface area contributed by atoms with Gasteiger partial charge in [-0.2, -0.15) is 22.0 Å². The highest BCUT2D eigenvalue weighted by atomic mass is 35.6. The molecule has 0 aliphatic rings. The van der Waals surface area contributed by atoms with Crippen molar-refractivity contribution < 1.29 is 25.2 Å². The number of hydrogen-bond acceptors (Lipinski definition) is 6. The van der Waals surface area contributed by atoms with Crippen LogP contribution in [0, 0.1) is 0 Å². The lowest BCUT2D eigenvalue weighted by atomic mass is 10.1. The summed E-state index contributed by atoms with van der Waals surface area (Å²) in [4.78, 5) is 0. The van der Waals surface area contributed by atoms with Gasteiger partial charge in [0, 0.05) is 0 Å². The maximum absolute atomic E-state index is 11.9. The van der Waals surface area contributed by atoms with Crippen molar-refractivity contribution in [2.24, 2.45) is 5.14 Å². The molecule has 148 valence electrons. The molecule has 0 aliphatic heterocycles. The summed E-state index contributed by atoms with van der Waals surface area (Å²) in [6, 6.07) is 12.3. The Kier molecular flexibility index (Phi) is 6.85. The number of anilines is 1. The first-order valence-electron chi connectivity index (χ1n) is 7.00. The second-order valence-corrected chi connectivity index (χ2v) is 10.1. The first kappa shape index (κ1) is 22.0. The van der Waals surface area contributed by atoms with Crippen LogP contribution in [0.5, 0.6) is 5.75 Å². The second-order valence-electron chi connectivity index (χ2n) is 5.12. The zero-order valence-corrected chi connectivity index (χ0v) is 17.2. The van der Waals surface area contributed by atoms with Crippen LogP contribution >= 0.6 is 34.8 Å². The number of halogens is 3. The van der Waals surface area contributed by atoms with E-state index in [0.717, 1.165) is 0 Å². The number of nitrogens with two attached hydrogens (primary N) is 1. The van der Waals surface area contributed by atoms with Gasteiger partial charge in [0.05, 0.1) is 5.69 Å². The zero-order chi connectivity index (χ0) is 20.3. The Bertz CT molecular complexity index is 1020. The highest BCUT2D eigenvalue weighted by Gasteiger charge is 2.24.